The topological polar surface area (TPSA) is 63.2 Å². The van der Waals surface area contributed by atoms with E-state index in [4.69, 9.17) is 4.74 Å². The summed E-state index contributed by atoms with van der Waals surface area (Å²) >= 11 is 1.61. The van der Waals surface area contributed by atoms with Gasteiger partial charge in [-0.25, -0.2) is 4.98 Å². The standard InChI is InChI=1S/C19H19N3O2S/c1-11-21-16-7-17(24-2)15(8-18(16)25-11)22-19(23)14-10-20-9-12-5-3-4-6-13(12)14/h3-8,14,20H,9-10H2,1-2H3,(H,22,23). The first kappa shape index (κ1) is 16.1. The third kappa shape index (κ3) is 2.99. The number of aryl methyl sites for hydroxylation is 1. The molecule has 3 aromatic rings. The van der Waals surface area contributed by atoms with Crippen molar-refractivity contribution in [2.75, 3.05) is 19.0 Å². The molecule has 4 rings (SSSR count). The molecule has 2 heterocycles. The molecule has 1 amide bonds. The summed E-state index contributed by atoms with van der Waals surface area (Å²) in [6.45, 7) is 3.41. The van der Waals surface area contributed by atoms with Gasteiger partial charge in [0, 0.05) is 19.2 Å². The van der Waals surface area contributed by atoms with Gasteiger partial charge >= 0.3 is 0 Å². The number of amides is 1. The van der Waals surface area contributed by atoms with Gasteiger partial charge in [0.15, 0.2) is 0 Å². The van der Waals surface area contributed by atoms with Crippen molar-refractivity contribution in [3.63, 3.8) is 0 Å². The van der Waals surface area contributed by atoms with Gasteiger partial charge in [0.1, 0.15) is 5.75 Å². The van der Waals surface area contributed by atoms with E-state index in [2.05, 4.69) is 21.7 Å². The van der Waals surface area contributed by atoms with Crippen molar-refractivity contribution in [2.24, 2.45) is 0 Å². The van der Waals surface area contributed by atoms with E-state index in [0.29, 0.717) is 18.0 Å². The molecule has 2 aromatic carbocycles. The highest BCUT2D eigenvalue weighted by atomic mass is 32.1. The maximum atomic E-state index is 12.9. The van der Waals surface area contributed by atoms with Crippen LogP contribution in [0.4, 0.5) is 5.69 Å². The number of thiazole rings is 1. The van der Waals surface area contributed by atoms with Crippen LogP contribution in [-0.2, 0) is 11.3 Å². The Morgan fingerprint density at radius 2 is 2.20 bits per heavy atom. The van der Waals surface area contributed by atoms with E-state index in [1.807, 2.05) is 37.3 Å². The van der Waals surface area contributed by atoms with Gasteiger partial charge in [-0.1, -0.05) is 24.3 Å². The lowest BCUT2D eigenvalue weighted by Gasteiger charge is -2.25. The number of hydrogen-bond acceptors (Lipinski definition) is 5. The zero-order valence-electron chi connectivity index (χ0n) is 14.1. The van der Waals surface area contributed by atoms with Crippen LogP contribution in [0.5, 0.6) is 5.75 Å². The number of carbonyl (C=O) groups excluding carboxylic acids is 1. The maximum Gasteiger partial charge on any atom is 0.233 e. The molecule has 0 saturated carbocycles. The van der Waals surface area contributed by atoms with Crippen molar-refractivity contribution in [3.8, 4) is 5.75 Å². The highest BCUT2D eigenvalue weighted by molar-refractivity contribution is 7.18. The van der Waals surface area contributed by atoms with Crippen molar-refractivity contribution in [1.82, 2.24) is 10.3 Å². The number of nitrogens with one attached hydrogen (secondary N) is 2. The summed E-state index contributed by atoms with van der Waals surface area (Å²) in [4.78, 5) is 17.4. The van der Waals surface area contributed by atoms with Crippen LogP contribution in [0, 0.1) is 6.92 Å². The lowest BCUT2D eigenvalue weighted by atomic mass is 9.90. The zero-order chi connectivity index (χ0) is 17.4. The van der Waals surface area contributed by atoms with Crippen LogP contribution in [0.3, 0.4) is 0 Å². The van der Waals surface area contributed by atoms with Gasteiger partial charge in [-0.05, 0) is 24.1 Å². The second kappa shape index (κ2) is 6.46. The SMILES string of the molecule is COc1cc2nc(C)sc2cc1NC(=O)C1CNCc2ccccc21. The molecule has 0 spiro atoms. The molecule has 0 bridgehead atoms. The summed E-state index contributed by atoms with van der Waals surface area (Å²) in [7, 11) is 1.60. The first-order valence-corrected chi connectivity index (χ1v) is 9.02. The highest BCUT2D eigenvalue weighted by Crippen LogP contribution is 2.34. The Bertz CT molecular complexity index is 951. The number of aromatic nitrogens is 1. The van der Waals surface area contributed by atoms with Crippen LogP contribution < -0.4 is 15.4 Å². The Balaban J connectivity index is 1.66. The van der Waals surface area contributed by atoms with Crippen molar-refractivity contribution in [2.45, 2.75) is 19.4 Å². The van der Waals surface area contributed by atoms with Crippen LogP contribution in [0.1, 0.15) is 22.1 Å². The normalized spacial score (nSPS) is 16.5. The van der Waals surface area contributed by atoms with Crippen LogP contribution in [0.25, 0.3) is 10.2 Å². The summed E-state index contributed by atoms with van der Waals surface area (Å²) in [6.07, 6.45) is 0. The minimum absolute atomic E-state index is 0.0291. The van der Waals surface area contributed by atoms with E-state index in [0.717, 1.165) is 27.3 Å². The molecule has 128 valence electrons. The Morgan fingerprint density at radius 1 is 1.36 bits per heavy atom. The van der Waals surface area contributed by atoms with Crippen molar-refractivity contribution < 1.29 is 9.53 Å². The predicted octanol–water partition coefficient (Wildman–Crippen LogP) is 3.44. The molecule has 1 aromatic heterocycles. The molecule has 5 nitrogen and oxygen atoms in total. The summed E-state index contributed by atoms with van der Waals surface area (Å²) < 4.78 is 6.49. The lowest BCUT2D eigenvalue weighted by molar-refractivity contribution is -0.117. The monoisotopic (exact) mass is 353 g/mol. The molecule has 6 heteroatoms. The molecule has 0 saturated heterocycles. The molecule has 1 aliphatic rings. The van der Waals surface area contributed by atoms with Gasteiger partial charge in [-0.3, -0.25) is 4.79 Å². The van der Waals surface area contributed by atoms with Crippen LogP contribution in [0.15, 0.2) is 36.4 Å². The van der Waals surface area contributed by atoms with Crippen molar-refractivity contribution in [1.29, 1.82) is 0 Å². The fraction of sp³-hybridized carbons (Fsp3) is 0.263. The number of ether oxygens (including phenoxy) is 1. The lowest BCUT2D eigenvalue weighted by Crippen LogP contribution is -2.35. The number of nitrogens with zero attached hydrogens (tertiary/aromatic N) is 1. The molecule has 1 aliphatic heterocycles. The molecule has 1 unspecified atom stereocenters. The van der Waals surface area contributed by atoms with Gasteiger partial charge < -0.3 is 15.4 Å². The Labute approximate surface area is 150 Å². The third-order valence-electron chi connectivity index (χ3n) is 4.49. The molecule has 2 N–H and O–H groups in total. The molecular formula is C19H19N3O2S. The average molecular weight is 353 g/mol. The first-order valence-electron chi connectivity index (χ1n) is 8.20. The van der Waals surface area contributed by atoms with E-state index in [1.165, 1.54) is 5.56 Å². The third-order valence-corrected chi connectivity index (χ3v) is 5.42. The van der Waals surface area contributed by atoms with Crippen LogP contribution >= 0.6 is 11.3 Å². The average Bonchev–Trinajstić information content (AvgIpc) is 2.99. The number of hydrogen-bond donors (Lipinski definition) is 2. The minimum atomic E-state index is -0.214. The Kier molecular flexibility index (Phi) is 4.15. The summed E-state index contributed by atoms with van der Waals surface area (Å²) in [6, 6.07) is 11.9. The van der Waals surface area contributed by atoms with Gasteiger partial charge in [0.2, 0.25) is 5.91 Å². The highest BCUT2D eigenvalue weighted by Gasteiger charge is 2.26. The molecule has 25 heavy (non-hydrogen) atoms. The number of rotatable bonds is 3. The quantitative estimate of drug-likeness (QED) is 0.757. The summed E-state index contributed by atoms with van der Waals surface area (Å²) in [5.74, 6) is 0.385. The van der Waals surface area contributed by atoms with E-state index in [9.17, 15) is 4.79 Å². The van der Waals surface area contributed by atoms with Crippen molar-refractivity contribution >= 4 is 33.1 Å². The van der Waals surface area contributed by atoms with Gasteiger partial charge in [-0.2, -0.15) is 0 Å². The zero-order valence-corrected chi connectivity index (χ0v) is 14.9. The van der Waals surface area contributed by atoms with E-state index < -0.39 is 0 Å². The number of carbonyl (C=O) groups is 1. The number of fused-ring (bicyclic) bond motifs is 2. The van der Waals surface area contributed by atoms with E-state index in [1.54, 1.807) is 18.4 Å². The van der Waals surface area contributed by atoms with Crippen LogP contribution in [0.2, 0.25) is 0 Å². The Hall–Kier alpha value is -2.44. The number of benzene rings is 2. The van der Waals surface area contributed by atoms with Crippen molar-refractivity contribution in [3.05, 3.63) is 52.5 Å². The molecule has 0 fully saturated rings. The molecular weight excluding hydrogens is 334 g/mol. The van der Waals surface area contributed by atoms with E-state index in [-0.39, 0.29) is 11.8 Å². The number of anilines is 1. The fourth-order valence-corrected chi connectivity index (χ4v) is 4.13. The smallest absolute Gasteiger partial charge is 0.233 e. The second-order valence-electron chi connectivity index (χ2n) is 6.12. The molecule has 0 radical (unpaired) electrons. The van der Waals surface area contributed by atoms with Gasteiger partial charge in [0.05, 0.1) is 33.9 Å². The van der Waals surface area contributed by atoms with Gasteiger partial charge in [0.25, 0.3) is 0 Å². The fourth-order valence-electron chi connectivity index (χ4n) is 3.29. The first-order chi connectivity index (χ1) is 12.2. The van der Waals surface area contributed by atoms with E-state index >= 15 is 0 Å². The number of methoxy groups -OCH3 is 1. The van der Waals surface area contributed by atoms with Crippen LogP contribution in [-0.4, -0.2) is 24.5 Å². The Morgan fingerprint density at radius 3 is 3.04 bits per heavy atom. The predicted molar refractivity (Wildman–Crippen MR) is 100 cm³/mol. The molecule has 0 aliphatic carbocycles. The minimum Gasteiger partial charge on any atom is -0.494 e. The molecule has 1 atom stereocenters. The second-order valence-corrected chi connectivity index (χ2v) is 7.36. The maximum absolute atomic E-state index is 12.9. The van der Waals surface area contributed by atoms with Gasteiger partial charge in [-0.15, -0.1) is 11.3 Å². The largest absolute Gasteiger partial charge is 0.494 e. The summed E-state index contributed by atoms with van der Waals surface area (Å²) in [5, 5.41) is 7.36. The summed E-state index contributed by atoms with van der Waals surface area (Å²) in [5.41, 5.74) is 3.84.